The van der Waals surface area contributed by atoms with E-state index in [1.54, 1.807) is 5.57 Å². The number of hydrogen-bond acceptors (Lipinski definition) is 2. The minimum Gasteiger partial charge on any atom is -0.310 e. The average molecular weight is 1150 g/mol. The van der Waals surface area contributed by atoms with Gasteiger partial charge in [-0.05, 0) is 224 Å². The molecule has 0 fully saturated rings. The van der Waals surface area contributed by atoms with Crippen LogP contribution in [0.4, 0.5) is 34.1 Å². The highest BCUT2D eigenvalue weighted by atomic mass is 15.1. The molecule has 3 aliphatic rings. The topological polar surface area (TPSA) is 6.48 Å². The number of allylic oxidation sites excluding steroid dienone is 4. The van der Waals surface area contributed by atoms with Crippen LogP contribution in [0.3, 0.4) is 0 Å². The fourth-order valence-electron chi connectivity index (χ4n) is 15.7. The third-order valence-corrected chi connectivity index (χ3v) is 20.2. The van der Waals surface area contributed by atoms with Gasteiger partial charge in [0.15, 0.2) is 0 Å². The normalized spacial score (nSPS) is 14.2. The maximum atomic E-state index is 2.47. The van der Waals surface area contributed by atoms with Gasteiger partial charge in [-0.2, -0.15) is 0 Å². The molecule has 0 amide bonds. The molecule has 90 heavy (non-hydrogen) atoms. The number of hydrogen-bond donors (Lipinski definition) is 0. The van der Waals surface area contributed by atoms with Gasteiger partial charge >= 0.3 is 0 Å². The first-order chi connectivity index (χ1) is 44.2. The van der Waals surface area contributed by atoms with E-state index in [2.05, 4.69) is 341 Å². The van der Waals surface area contributed by atoms with Crippen LogP contribution < -0.4 is 9.80 Å². The fourth-order valence-corrected chi connectivity index (χ4v) is 15.7. The van der Waals surface area contributed by atoms with Gasteiger partial charge in [-0.3, -0.25) is 0 Å². The fraction of sp³-hybridized carbons (Fsp3) is 0.0909. The summed E-state index contributed by atoms with van der Waals surface area (Å²) in [4.78, 5) is 4.86. The number of rotatable bonds is 10. The molecular formula is C88H66N2. The monoisotopic (exact) mass is 1150 g/mol. The minimum absolute atomic E-state index is 0.00401. The van der Waals surface area contributed by atoms with Gasteiger partial charge in [0, 0.05) is 45.0 Å². The van der Waals surface area contributed by atoms with Crippen LogP contribution in [0.2, 0.25) is 0 Å². The van der Waals surface area contributed by atoms with Crippen molar-refractivity contribution < 1.29 is 0 Å². The Morgan fingerprint density at radius 2 is 0.689 bits per heavy atom. The number of anilines is 6. The van der Waals surface area contributed by atoms with Crippen molar-refractivity contribution in [2.75, 3.05) is 9.80 Å². The van der Waals surface area contributed by atoms with E-state index in [0.717, 1.165) is 47.0 Å². The maximum Gasteiger partial charge on any atom is 0.0468 e. The van der Waals surface area contributed by atoms with Gasteiger partial charge in [0.25, 0.3) is 0 Å². The third kappa shape index (κ3) is 8.53. The predicted octanol–water partition coefficient (Wildman–Crippen LogP) is 24.6. The summed E-state index contributed by atoms with van der Waals surface area (Å²) in [6, 6.07) is 109. The molecule has 0 radical (unpaired) electrons. The molecule has 2 nitrogen and oxygen atoms in total. The molecule has 0 unspecified atom stereocenters. The van der Waals surface area contributed by atoms with Gasteiger partial charge in [-0.15, -0.1) is 0 Å². The number of fused-ring (bicyclic) bond motifs is 9. The molecular weight excluding hydrogens is 1080 g/mol. The highest BCUT2D eigenvalue weighted by Gasteiger charge is 2.38. The van der Waals surface area contributed by atoms with E-state index in [0.29, 0.717) is 0 Å². The molecule has 428 valence electrons. The van der Waals surface area contributed by atoms with Gasteiger partial charge in [0.2, 0.25) is 0 Å². The van der Waals surface area contributed by atoms with E-state index in [9.17, 15) is 0 Å². The lowest BCUT2D eigenvalue weighted by molar-refractivity contribution is 0.607. The Balaban J connectivity index is 0.857. The predicted molar refractivity (Wildman–Crippen MR) is 383 cm³/mol. The number of para-hydroxylation sites is 2. The molecule has 14 aromatic carbocycles. The molecule has 17 rings (SSSR count). The first-order valence-corrected chi connectivity index (χ1v) is 31.9. The third-order valence-electron chi connectivity index (χ3n) is 20.2. The van der Waals surface area contributed by atoms with Crippen molar-refractivity contribution in [1.82, 2.24) is 0 Å². The van der Waals surface area contributed by atoms with Crippen molar-refractivity contribution in [3.8, 4) is 55.6 Å². The Bertz CT molecular complexity index is 5270. The summed E-state index contributed by atoms with van der Waals surface area (Å²) in [6.07, 6.45) is 6.94. The zero-order valence-electron chi connectivity index (χ0n) is 51.2. The molecule has 3 aliphatic carbocycles. The zero-order chi connectivity index (χ0) is 60.2. The summed E-state index contributed by atoms with van der Waals surface area (Å²) < 4.78 is 0. The van der Waals surface area contributed by atoms with Crippen molar-refractivity contribution in [3.05, 3.63) is 331 Å². The van der Waals surface area contributed by atoms with Crippen LogP contribution in [0.15, 0.2) is 309 Å². The van der Waals surface area contributed by atoms with Gasteiger partial charge in [-0.25, -0.2) is 0 Å². The molecule has 0 aromatic heterocycles. The van der Waals surface area contributed by atoms with E-state index in [-0.39, 0.29) is 10.8 Å². The van der Waals surface area contributed by atoms with E-state index < -0.39 is 0 Å². The van der Waals surface area contributed by atoms with Crippen LogP contribution in [-0.2, 0) is 10.8 Å². The van der Waals surface area contributed by atoms with Gasteiger partial charge in [0.1, 0.15) is 0 Å². The van der Waals surface area contributed by atoms with Crippen molar-refractivity contribution in [1.29, 1.82) is 0 Å². The number of nitrogens with zero attached hydrogens (tertiary/aromatic N) is 2. The SMILES string of the molecule is CC1(C)C2=C(C=CCC2)c2ccc(-c3ccc(N(c4ccccc4)c4ccc5c(-c6cccc7ccccc67)c6cc(N(c7ccccc7)c7ccc(-c8ccc9c(c8)C(C)(C)c8ccccc8-9)cc7)ccc6c(-c6cccc7ccccc67)c5c4)cc3)cc21. The molecule has 0 aliphatic heterocycles. The summed E-state index contributed by atoms with van der Waals surface area (Å²) in [7, 11) is 0. The first kappa shape index (κ1) is 53.4. The van der Waals surface area contributed by atoms with E-state index >= 15 is 0 Å². The van der Waals surface area contributed by atoms with E-state index in [1.165, 1.54) is 127 Å². The Labute approximate surface area is 527 Å². The van der Waals surface area contributed by atoms with Crippen molar-refractivity contribution in [3.63, 3.8) is 0 Å². The second kappa shape index (κ2) is 20.9. The van der Waals surface area contributed by atoms with Crippen LogP contribution in [0.1, 0.15) is 62.8 Å². The Hall–Kier alpha value is -10.8. The molecule has 2 heteroatoms. The van der Waals surface area contributed by atoms with Crippen molar-refractivity contribution >= 4 is 82.8 Å². The molecule has 0 heterocycles. The minimum atomic E-state index is -0.0816. The molecule has 0 saturated heterocycles. The maximum absolute atomic E-state index is 2.47. The summed E-state index contributed by atoms with van der Waals surface area (Å²) in [6.45, 7) is 9.54. The highest BCUT2D eigenvalue weighted by molar-refractivity contribution is 6.26. The van der Waals surface area contributed by atoms with Crippen LogP contribution >= 0.6 is 0 Å². The summed E-state index contributed by atoms with van der Waals surface area (Å²) >= 11 is 0. The summed E-state index contributed by atoms with van der Waals surface area (Å²) in [5, 5.41) is 9.60. The van der Waals surface area contributed by atoms with Crippen molar-refractivity contribution in [2.24, 2.45) is 0 Å². The number of benzene rings is 14. The Morgan fingerprint density at radius 3 is 1.23 bits per heavy atom. The highest BCUT2D eigenvalue weighted by Crippen LogP contribution is 2.54. The summed E-state index contributed by atoms with van der Waals surface area (Å²) in [5.74, 6) is 0. The molecule has 0 spiro atoms. The first-order valence-electron chi connectivity index (χ1n) is 31.9. The molecule has 0 saturated carbocycles. The molecule has 0 bridgehead atoms. The van der Waals surface area contributed by atoms with Gasteiger partial charge in [0.05, 0.1) is 0 Å². The quantitative estimate of drug-likeness (QED) is 0.126. The van der Waals surface area contributed by atoms with Crippen molar-refractivity contribution in [2.45, 2.75) is 51.4 Å². The zero-order valence-corrected chi connectivity index (χ0v) is 51.2. The Morgan fingerprint density at radius 1 is 0.278 bits per heavy atom. The standard InChI is InChI=1S/C88H66N2/c1-87(2)81-35-17-15-31-71(81)73-49-41-61(53-83(73)87)57-37-43-65(44-38-57)89(63-25-7-5-8-26-63)67-47-51-77-79(55-67)85(75-33-19-23-59-21-11-13-29-69(59)75)78-52-48-68(56-80(78)86(77)76-34-20-24-60-22-12-14-30-70(60)76)90(64-27-9-6-10-28-64)66-45-39-58(40-46-66)62-42-50-74-72-32-16-18-36-82(72)88(3,4)84(74)54-62/h5-17,19-35,37-56H,18,36H2,1-4H3. The van der Waals surface area contributed by atoms with E-state index in [4.69, 9.17) is 0 Å². The lowest BCUT2D eigenvalue weighted by Gasteiger charge is -2.28. The molecule has 14 aromatic rings. The molecule has 0 N–H and O–H groups in total. The average Bonchev–Trinajstić information content (AvgIpc) is 0.903. The second-order valence-corrected chi connectivity index (χ2v) is 25.8. The van der Waals surface area contributed by atoms with E-state index in [1.807, 2.05) is 0 Å². The van der Waals surface area contributed by atoms with Gasteiger partial charge < -0.3 is 9.80 Å². The van der Waals surface area contributed by atoms with Gasteiger partial charge in [-0.1, -0.05) is 252 Å². The van der Waals surface area contributed by atoms with Crippen LogP contribution in [0, 0.1) is 0 Å². The molecule has 0 atom stereocenters. The largest absolute Gasteiger partial charge is 0.310 e. The lowest BCUT2D eigenvalue weighted by atomic mass is 9.78. The smallest absolute Gasteiger partial charge is 0.0468 e. The Kier molecular flexibility index (Phi) is 12.4. The summed E-state index contributed by atoms with van der Waals surface area (Å²) in [5.41, 5.74) is 27.4. The van der Waals surface area contributed by atoms with Crippen LogP contribution in [0.25, 0.3) is 104 Å². The lowest BCUT2D eigenvalue weighted by Crippen LogP contribution is -2.17. The van der Waals surface area contributed by atoms with Crippen LogP contribution in [0.5, 0.6) is 0 Å². The van der Waals surface area contributed by atoms with Crippen LogP contribution in [-0.4, -0.2) is 0 Å². The second-order valence-electron chi connectivity index (χ2n) is 25.8.